The van der Waals surface area contributed by atoms with Crippen molar-refractivity contribution in [3.05, 3.63) is 24.3 Å². The smallest absolute Gasteiger partial charge is 0.465 e. The van der Waals surface area contributed by atoms with Crippen LogP contribution in [0.2, 0.25) is 0 Å². The molecule has 0 amide bonds. The van der Waals surface area contributed by atoms with Gasteiger partial charge in [-0.3, -0.25) is 9.59 Å². The highest BCUT2D eigenvalue weighted by atomic mass is 16.7. The zero-order valence-electron chi connectivity index (χ0n) is 41.0. The number of nitrogens with zero attached hydrogens (tertiary/aromatic N) is 1. The Balaban J connectivity index is 4.75. The summed E-state index contributed by atoms with van der Waals surface area (Å²) in [6.07, 6.45) is 38.3. The van der Waals surface area contributed by atoms with Crippen molar-refractivity contribution in [1.29, 1.82) is 0 Å². The summed E-state index contributed by atoms with van der Waals surface area (Å²) in [6.45, 7) is 15.2. The van der Waals surface area contributed by atoms with E-state index in [9.17, 15) is 14.4 Å². The Morgan fingerprint density at radius 1 is 0.452 bits per heavy atom. The molecule has 0 heterocycles. The van der Waals surface area contributed by atoms with Gasteiger partial charge in [-0.25, -0.2) is 4.79 Å². The van der Waals surface area contributed by atoms with Gasteiger partial charge in [0.1, 0.15) is 19.8 Å². The van der Waals surface area contributed by atoms with Crippen LogP contribution in [0.3, 0.4) is 0 Å². The van der Waals surface area contributed by atoms with Gasteiger partial charge in [0.2, 0.25) is 0 Å². The summed E-state index contributed by atoms with van der Waals surface area (Å²) in [7, 11) is 0. The Bertz CT molecular complexity index is 1030. The minimum absolute atomic E-state index is 0.00478. The van der Waals surface area contributed by atoms with Crippen LogP contribution in [0.25, 0.3) is 0 Å². The SMILES string of the molecule is CCCCCC=CCC=CCCCCCCCC(=O)OCC(COC(=O)CCCCC(OCCCCCCCC)OCCCCCCCC)COC(=O)OCCCN(CC)CC. The Labute approximate surface area is 381 Å². The summed E-state index contributed by atoms with van der Waals surface area (Å²) < 4.78 is 34.2. The van der Waals surface area contributed by atoms with Gasteiger partial charge in [0.15, 0.2) is 6.29 Å². The van der Waals surface area contributed by atoms with Crippen LogP contribution in [-0.4, -0.2) is 88.6 Å². The predicted molar refractivity (Wildman–Crippen MR) is 255 cm³/mol. The van der Waals surface area contributed by atoms with E-state index in [-0.39, 0.29) is 51.1 Å². The van der Waals surface area contributed by atoms with Gasteiger partial charge in [0.05, 0.1) is 12.5 Å². The van der Waals surface area contributed by atoms with Crippen LogP contribution in [0.1, 0.15) is 221 Å². The molecule has 0 spiro atoms. The highest BCUT2D eigenvalue weighted by molar-refractivity contribution is 5.69. The summed E-state index contributed by atoms with van der Waals surface area (Å²) >= 11 is 0. The summed E-state index contributed by atoms with van der Waals surface area (Å²) in [5, 5.41) is 0. The molecule has 0 radical (unpaired) electrons. The fraction of sp³-hybridized carbons (Fsp3) is 0.865. The molecule has 1 atom stereocenters. The molecular formula is C52H97NO9. The number of allylic oxidation sites excluding steroid dienone is 4. The molecule has 0 N–H and O–H groups in total. The Kier molecular flexibility index (Phi) is 46.2. The maximum Gasteiger partial charge on any atom is 0.508 e. The van der Waals surface area contributed by atoms with Crippen molar-refractivity contribution in [3.63, 3.8) is 0 Å². The molecule has 0 aromatic heterocycles. The molecule has 10 heteroatoms. The highest BCUT2D eigenvalue weighted by Gasteiger charge is 2.19. The Hall–Kier alpha value is -2.43. The summed E-state index contributed by atoms with van der Waals surface area (Å²) in [4.78, 5) is 40.1. The lowest BCUT2D eigenvalue weighted by Crippen LogP contribution is -2.27. The van der Waals surface area contributed by atoms with E-state index in [0.717, 1.165) is 90.3 Å². The van der Waals surface area contributed by atoms with Gasteiger partial charge < -0.3 is 33.3 Å². The fourth-order valence-corrected chi connectivity index (χ4v) is 6.99. The van der Waals surface area contributed by atoms with Crippen molar-refractivity contribution >= 4 is 18.1 Å². The molecule has 0 rings (SSSR count). The highest BCUT2D eigenvalue weighted by Crippen LogP contribution is 2.15. The molecule has 0 aliphatic rings. The van der Waals surface area contributed by atoms with Gasteiger partial charge in [0.25, 0.3) is 0 Å². The summed E-state index contributed by atoms with van der Waals surface area (Å²) in [5.41, 5.74) is 0. The van der Waals surface area contributed by atoms with E-state index < -0.39 is 12.1 Å². The second-order valence-corrected chi connectivity index (χ2v) is 17.0. The van der Waals surface area contributed by atoms with Gasteiger partial charge in [-0.15, -0.1) is 0 Å². The maximum atomic E-state index is 12.8. The molecule has 0 aliphatic carbocycles. The maximum absolute atomic E-state index is 12.8. The van der Waals surface area contributed by atoms with Gasteiger partial charge >= 0.3 is 18.1 Å². The Morgan fingerprint density at radius 2 is 0.903 bits per heavy atom. The van der Waals surface area contributed by atoms with E-state index in [1.807, 2.05) is 0 Å². The molecule has 10 nitrogen and oxygen atoms in total. The van der Waals surface area contributed by atoms with E-state index in [0.29, 0.717) is 32.5 Å². The normalized spacial score (nSPS) is 12.2. The van der Waals surface area contributed by atoms with E-state index >= 15 is 0 Å². The molecule has 0 fully saturated rings. The van der Waals surface area contributed by atoms with Crippen LogP contribution >= 0.6 is 0 Å². The molecule has 0 aromatic rings. The standard InChI is InChI=1S/C52H97NO9/c1-6-11-14-17-20-21-22-23-24-25-26-27-28-29-32-38-49(54)60-45-48(47-62-52(56)59-44-37-41-53(9-4)10-5)46-61-50(55)39-33-34-40-51(57-42-35-30-18-15-12-7-2)58-43-36-31-19-16-13-8-3/h20-21,23-24,48,51H,6-19,22,25-47H2,1-5H3. The van der Waals surface area contributed by atoms with Crippen molar-refractivity contribution in [2.75, 3.05) is 59.3 Å². The first-order valence-electron chi connectivity index (χ1n) is 25.8. The summed E-state index contributed by atoms with van der Waals surface area (Å²) in [5.74, 6) is -1.12. The van der Waals surface area contributed by atoms with Crippen LogP contribution in [0.15, 0.2) is 24.3 Å². The van der Waals surface area contributed by atoms with Crippen LogP contribution in [0.4, 0.5) is 4.79 Å². The molecule has 1 unspecified atom stereocenters. The van der Waals surface area contributed by atoms with E-state index in [1.165, 1.54) is 89.9 Å². The van der Waals surface area contributed by atoms with Crippen molar-refractivity contribution in [3.8, 4) is 0 Å². The zero-order chi connectivity index (χ0) is 45.4. The monoisotopic (exact) mass is 880 g/mol. The van der Waals surface area contributed by atoms with Gasteiger partial charge in [-0.1, -0.05) is 155 Å². The minimum Gasteiger partial charge on any atom is -0.465 e. The van der Waals surface area contributed by atoms with Gasteiger partial charge in [-0.05, 0) is 90.1 Å². The first kappa shape index (κ1) is 59.6. The number of rotatable bonds is 47. The lowest BCUT2D eigenvalue weighted by atomic mass is 10.1. The molecule has 0 saturated carbocycles. The van der Waals surface area contributed by atoms with Crippen LogP contribution in [0.5, 0.6) is 0 Å². The number of hydrogen-bond donors (Lipinski definition) is 0. The number of carbonyl (C=O) groups excluding carboxylic acids is 3. The quantitative estimate of drug-likeness (QED) is 0.0193. The molecule has 62 heavy (non-hydrogen) atoms. The average Bonchev–Trinajstić information content (AvgIpc) is 3.27. The number of unbranched alkanes of at least 4 members (excludes halogenated alkanes) is 19. The molecule has 0 saturated heterocycles. The zero-order valence-corrected chi connectivity index (χ0v) is 41.0. The minimum atomic E-state index is -0.774. The van der Waals surface area contributed by atoms with Crippen LogP contribution in [-0.2, 0) is 38.0 Å². The first-order valence-corrected chi connectivity index (χ1v) is 25.8. The first-order chi connectivity index (χ1) is 30.4. The van der Waals surface area contributed by atoms with E-state index in [4.69, 9.17) is 28.4 Å². The topological polar surface area (TPSA) is 110 Å². The molecule has 0 aromatic carbocycles. The van der Waals surface area contributed by atoms with Crippen LogP contribution in [0, 0.1) is 5.92 Å². The second-order valence-electron chi connectivity index (χ2n) is 17.0. The molecule has 0 aliphatic heterocycles. The lowest BCUT2D eigenvalue weighted by Gasteiger charge is -2.19. The fourth-order valence-electron chi connectivity index (χ4n) is 6.99. The summed E-state index contributed by atoms with van der Waals surface area (Å²) in [6, 6.07) is 0. The Morgan fingerprint density at radius 3 is 1.45 bits per heavy atom. The van der Waals surface area contributed by atoms with Gasteiger partial charge in [-0.2, -0.15) is 0 Å². The van der Waals surface area contributed by atoms with Crippen molar-refractivity contribution < 1.29 is 42.8 Å². The van der Waals surface area contributed by atoms with Crippen molar-refractivity contribution in [2.24, 2.45) is 5.92 Å². The number of hydrogen-bond acceptors (Lipinski definition) is 10. The van der Waals surface area contributed by atoms with Crippen LogP contribution < -0.4 is 0 Å². The largest absolute Gasteiger partial charge is 0.508 e. The number of ether oxygens (including phenoxy) is 6. The van der Waals surface area contributed by atoms with Crippen molar-refractivity contribution in [2.45, 2.75) is 227 Å². The number of carbonyl (C=O) groups is 3. The van der Waals surface area contributed by atoms with Gasteiger partial charge in [0, 0.05) is 32.6 Å². The second kappa shape index (κ2) is 48.0. The third-order valence-electron chi connectivity index (χ3n) is 11.1. The van der Waals surface area contributed by atoms with E-state index in [1.54, 1.807) is 0 Å². The van der Waals surface area contributed by atoms with Crippen molar-refractivity contribution in [1.82, 2.24) is 4.90 Å². The number of esters is 2. The third-order valence-corrected chi connectivity index (χ3v) is 11.1. The predicted octanol–water partition coefficient (Wildman–Crippen LogP) is 14.0. The molecule has 0 bridgehead atoms. The third kappa shape index (κ3) is 42.9. The lowest BCUT2D eigenvalue weighted by molar-refractivity contribution is -0.152. The average molecular weight is 880 g/mol. The molecular weight excluding hydrogens is 783 g/mol. The van der Waals surface area contributed by atoms with E-state index in [2.05, 4.69) is 63.8 Å². The molecule has 364 valence electrons.